The largest absolute Gasteiger partial charge is 0.412 e. The predicted molar refractivity (Wildman–Crippen MR) is 124 cm³/mol. The van der Waals surface area contributed by atoms with Crippen LogP contribution in [0.5, 0.6) is 0 Å². The maximum Gasteiger partial charge on any atom is 0.160 e. The van der Waals surface area contributed by atoms with Crippen molar-refractivity contribution in [3.8, 4) is 11.4 Å². The van der Waals surface area contributed by atoms with Gasteiger partial charge in [0.2, 0.25) is 0 Å². The highest BCUT2D eigenvalue weighted by atomic mass is 35.5. The number of nitrogens with zero attached hydrogens (tertiary/aromatic N) is 2. The minimum atomic E-state index is -0.110. The minimum absolute atomic E-state index is 0. The first-order chi connectivity index (χ1) is 14.3. The Morgan fingerprint density at radius 2 is 1.84 bits per heavy atom. The van der Waals surface area contributed by atoms with Gasteiger partial charge in [0.1, 0.15) is 0 Å². The normalized spacial score (nSPS) is 15.0. The van der Waals surface area contributed by atoms with Crippen LogP contribution in [0.25, 0.3) is 11.4 Å². The van der Waals surface area contributed by atoms with Crippen molar-refractivity contribution in [1.82, 2.24) is 15.0 Å². The van der Waals surface area contributed by atoms with E-state index in [4.69, 9.17) is 9.47 Å². The first kappa shape index (κ1) is 25.0. The van der Waals surface area contributed by atoms with E-state index in [1.807, 2.05) is 25.1 Å². The number of aromatic amines is 1. The number of ether oxygens (including phenoxy) is 2. The lowest BCUT2D eigenvalue weighted by atomic mass is 9.92. The fourth-order valence-electron chi connectivity index (χ4n) is 3.98. The summed E-state index contributed by atoms with van der Waals surface area (Å²) in [7, 11) is 0. The summed E-state index contributed by atoms with van der Waals surface area (Å²) in [5.41, 5.74) is 5.40. The van der Waals surface area contributed by atoms with Crippen LogP contribution in [0.15, 0.2) is 54.9 Å². The smallest absolute Gasteiger partial charge is 0.160 e. The zero-order chi connectivity index (χ0) is 19.9. The molecule has 0 amide bonds. The SMILES string of the molecule is Cc1cccc(-c2[nH]cnc2CCCC(Cc2ccccc2)C2OCCCO2)n1.Cl.O. The average molecular weight is 446 g/mol. The molecule has 4 rings (SSSR count). The molecule has 0 spiro atoms. The molecule has 0 bridgehead atoms. The first-order valence-corrected chi connectivity index (χ1v) is 10.5. The maximum absolute atomic E-state index is 5.95. The number of benzene rings is 1. The van der Waals surface area contributed by atoms with Gasteiger partial charge in [0, 0.05) is 11.6 Å². The van der Waals surface area contributed by atoms with Crippen LogP contribution < -0.4 is 0 Å². The number of hydrogen-bond donors (Lipinski definition) is 1. The van der Waals surface area contributed by atoms with Crippen molar-refractivity contribution in [2.45, 2.75) is 45.3 Å². The van der Waals surface area contributed by atoms with Crippen LogP contribution in [0.4, 0.5) is 0 Å². The van der Waals surface area contributed by atoms with E-state index in [0.717, 1.165) is 68.1 Å². The van der Waals surface area contributed by atoms with Gasteiger partial charge in [0.25, 0.3) is 0 Å². The summed E-state index contributed by atoms with van der Waals surface area (Å²) in [5, 5.41) is 0. The van der Waals surface area contributed by atoms with Gasteiger partial charge >= 0.3 is 0 Å². The van der Waals surface area contributed by atoms with Crippen molar-refractivity contribution >= 4 is 12.4 Å². The molecule has 1 aliphatic rings. The van der Waals surface area contributed by atoms with Crippen molar-refractivity contribution in [3.63, 3.8) is 0 Å². The van der Waals surface area contributed by atoms with Gasteiger partial charge in [-0.2, -0.15) is 0 Å². The highest BCUT2D eigenvalue weighted by molar-refractivity contribution is 5.85. The average Bonchev–Trinajstić information content (AvgIpc) is 3.23. The van der Waals surface area contributed by atoms with Gasteiger partial charge in [-0.25, -0.2) is 4.98 Å². The Labute approximate surface area is 190 Å². The maximum atomic E-state index is 5.95. The van der Waals surface area contributed by atoms with E-state index in [0.29, 0.717) is 5.92 Å². The van der Waals surface area contributed by atoms with Crippen LogP contribution >= 0.6 is 12.4 Å². The van der Waals surface area contributed by atoms with E-state index in [1.54, 1.807) is 6.33 Å². The molecule has 7 heteroatoms. The van der Waals surface area contributed by atoms with Gasteiger partial charge in [-0.1, -0.05) is 36.4 Å². The van der Waals surface area contributed by atoms with Gasteiger partial charge in [0.15, 0.2) is 6.29 Å². The van der Waals surface area contributed by atoms with E-state index in [2.05, 4.69) is 45.3 Å². The first-order valence-electron chi connectivity index (χ1n) is 10.5. The number of pyridine rings is 1. The molecule has 168 valence electrons. The molecule has 1 aromatic carbocycles. The number of aryl methyl sites for hydroxylation is 2. The summed E-state index contributed by atoms with van der Waals surface area (Å²) >= 11 is 0. The predicted octanol–water partition coefficient (Wildman–Crippen LogP) is 4.32. The summed E-state index contributed by atoms with van der Waals surface area (Å²) in [5.74, 6) is 0.345. The number of nitrogens with one attached hydrogen (secondary N) is 1. The Kier molecular flexibility index (Phi) is 10.1. The highest BCUT2D eigenvalue weighted by Crippen LogP contribution is 2.26. The van der Waals surface area contributed by atoms with E-state index < -0.39 is 0 Å². The lowest BCUT2D eigenvalue weighted by Gasteiger charge is -2.30. The van der Waals surface area contributed by atoms with E-state index in [-0.39, 0.29) is 24.2 Å². The van der Waals surface area contributed by atoms with Crippen LogP contribution in [-0.2, 0) is 22.3 Å². The van der Waals surface area contributed by atoms with E-state index in [1.165, 1.54) is 5.56 Å². The Hall–Kier alpha value is -2.25. The van der Waals surface area contributed by atoms with Gasteiger partial charge in [-0.05, 0) is 56.7 Å². The lowest BCUT2D eigenvalue weighted by Crippen LogP contribution is -2.33. The Morgan fingerprint density at radius 1 is 1.06 bits per heavy atom. The second-order valence-corrected chi connectivity index (χ2v) is 7.69. The highest BCUT2D eigenvalue weighted by Gasteiger charge is 2.25. The van der Waals surface area contributed by atoms with Crippen molar-refractivity contribution in [2.75, 3.05) is 13.2 Å². The number of aromatic nitrogens is 3. The third kappa shape index (κ3) is 6.87. The van der Waals surface area contributed by atoms with Crippen molar-refractivity contribution in [2.24, 2.45) is 5.92 Å². The lowest BCUT2D eigenvalue weighted by molar-refractivity contribution is -0.206. The molecule has 3 N–H and O–H groups in total. The number of H-pyrrole nitrogens is 1. The molecule has 0 aliphatic carbocycles. The summed E-state index contributed by atoms with van der Waals surface area (Å²) in [6, 6.07) is 16.7. The summed E-state index contributed by atoms with van der Waals surface area (Å²) in [6.45, 7) is 3.59. The minimum Gasteiger partial charge on any atom is -0.412 e. The van der Waals surface area contributed by atoms with Gasteiger partial charge in [-0.3, -0.25) is 4.98 Å². The molecule has 3 heterocycles. The second-order valence-electron chi connectivity index (χ2n) is 7.69. The summed E-state index contributed by atoms with van der Waals surface area (Å²) < 4.78 is 11.9. The van der Waals surface area contributed by atoms with Crippen LogP contribution in [0.2, 0.25) is 0 Å². The van der Waals surface area contributed by atoms with Crippen LogP contribution in [-0.4, -0.2) is 39.9 Å². The van der Waals surface area contributed by atoms with E-state index >= 15 is 0 Å². The van der Waals surface area contributed by atoms with Crippen molar-refractivity contribution in [3.05, 3.63) is 71.8 Å². The quantitative estimate of drug-likeness (QED) is 0.558. The van der Waals surface area contributed by atoms with Crippen LogP contribution in [0.1, 0.15) is 36.2 Å². The summed E-state index contributed by atoms with van der Waals surface area (Å²) in [6.07, 6.45) is 6.58. The van der Waals surface area contributed by atoms with Crippen molar-refractivity contribution < 1.29 is 14.9 Å². The zero-order valence-electron chi connectivity index (χ0n) is 17.9. The molecule has 6 nitrogen and oxygen atoms in total. The van der Waals surface area contributed by atoms with E-state index in [9.17, 15) is 0 Å². The zero-order valence-corrected chi connectivity index (χ0v) is 18.7. The van der Waals surface area contributed by atoms with Gasteiger partial charge < -0.3 is 19.9 Å². The molecule has 0 saturated carbocycles. The molecule has 1 saturated heterocycles. The number of rotatable bonds is 8. The topological polar surface area (TPSA) is 91.5 Å². The molecule has 1 aliphatic heterocycles. The van der Waals surface area contributed by atoms with Crippen LogP contribution in [0, 0.1) is 12.8 Å². The Balaban J connectivity index is 0.00000171. The molecule has 1 unspecified atom stereocenters. The Bertz CT molecular complexity index is 898. The number of hydrogen-bond acceptors (Lipinski definition) is 4. The molecular weight excluding hydrogens is 414 g/mol. The molecule has 1 atom stereocenters. The van der Waals surface area contributed by atoms with Gasteiger partial charge in [-0.15, -0.1) is 12.4 Å². The van der Waals surface area contributed by atoms with Crippen LogP contribution in [0.3, 0.4) is 0 Å². The fourth-order valence-corrected chi connectivity index (χ4v) is 3.98. The Morgan fingerprint density at radius 3 is 2.58 bits per heavy atom. The molecule has 0 radical (unpaired) electrons. The third-order valence-corrected chi connectivity index (χ3v) is 5.43. The fraction of sp³-hybridized carbons (Fsp3) is 0.417. The van der Waals surface area contributed by atoms with Gasteiger partial charge in [0.05, 0.1) is 36.6 Å². The molecule has 2 aromatic heterocycles. The standard InChI is InChI=1S/C24H29N3O2.ClH.H2O/c1-18-8-5-13-22(27-18)23-21(25-17-26-23)12-6-11-20(24-28-14-7-15-29-24)16-19-9-3-2-4-10-19;;/h2-5,8-10,13,17,20,24H,6-7,11-12,14-16H2,1H3,(H,25,26);1H;1H2. The summed E-state index contributed by atoms with van der Waals surface area (Å²) in [4.78, 5) is 12.5. The molecular formula is C24H32ClN3O3. The number of halogens is 1. The monoisotopic (exact) mass is 445 g/mol. The second kappa shape index (κ2) is 12.6. The molecule has 31 heavy (non-hydrogen) atoms. The molecule has 3 aromatic rings. The third-order valence-electron chi connectivity index (χ3n) is 5.43. The molecule has 1 fully saturated rings. The van der Waals surface area contributed by atoms with Crippen molar-refractivity contribution in [1.29, 1.82) is 0 Å². The number of imidazole rings is 1.